The average molecular weight is 154 g/mol. The van der Waals surface area contributed by atoms with E-state index in [-0.39, 0.29) is 6.61 Å². The number of rotatable bonds is 3. The summed E-state index contributed by atoms with van der Waals surface area (Å²) in [6.07, 6.45) is 0. The third-order valence-corrected chi connectivity index (χ3v) is 1.18. The zero-order chi connectivity index (χ0) is 8.10. The van der Waals surface area contributed by atoms with Crippen molar-refractivity contribution in [3.63, 3.8) is 0 Å². The Morgan fingerprint density at radius 3 is 2.55 bits per heavy atom. The molecule has 0 aliphatic rings. The molecule has 0 bridgehead atoms. The average Bonchev–Trinajstić information content (AvgIpc) is 2.03. The lowest BCUT2D eigenvalue weighted by Crippen LogP contribution is -2.02. The van der Waals surface area contributed by atoms with E-state index >= 15 is 0 Å². The summed E-state index contributed by atoms with van der Waals surface area (Å²) in [7, 11) is 0. The van der Waals surface area contributed by atoms with Gasteiger partial charge in [0.15, 0.2) is 6.61 Å². The summed E-state index contributed by atoms with van der Waals surface area (Å²) in [5.74, 6) is 0. The molecular formula is C7H8NO3+. The maximum atomic E-state index is 9.87. The molecular weight excluding hydrogens is 146 g/mol. The van der Waals surface area contributed by atoms with Gasteiger partial charge in [-0.3, -0.25) is 0 Å². The molecule has 58 valence electrons. The SMILES string of the molecule is O=[N+](O)OCc1ccccc1. The van der Waals surface area contributed by atoms with Crippen LogP contribution in [0.15, 0.2) is 30.3 Å². The minimum Gasteiger partial charge on any atom is -0.200 e. The Morgan fingerprint density at radius 2 is 2.00 bits per heavy atom. The molecule has 1 aromatic rings. The minimum atomic E-state index is -0.549. The first-order chi connectivity index (χ1) is 5.29. The molecule has 0 aromatic heterocycles. The molecule has 11 heavy (non-hydrogen) atoms. The van der Waals surface area contributed by atoms with Gasteiger partial charge in [0.1, 0.15) is 4.91 Å². The van der Waals surface area contributed by atoms with Crippen LogP contribution in [0.2, 0.25) is 0 Å². The largest absolute Gasteiger partial charge is 0.475 e. The lowest BCUT2D eigenvalue weighted by Gasteiger charge is -1.91. The van der Waals surface area contributed by atoms with E-state index in [9.17, 15) is 4.91 Å². The van der Waals surface area contributed by atoms with Gasteiger partial charge in [0.25, 0.3) is 0 Å². The van der Waals surface area contributed by atoms with Crippen molar-refractivity contribution in [2.45, 2.75) is 6.61 Å². The molecule has 0 unspecified atom stereocenters. The van der Waals surface area contributed by atoms with Crippen molar-refractivity contribution in [2.24, 2.45) is 0 Å². The summed E-state index contributed by atoms with van der Waals surface area (Å²) >= 11 is 0. The van der Waals surface area contributed by atoms with Crippen molar-refractivity contribution in [2.75, 3.05) is 0 Å². The van der Waals surface area contributed by atoms with Gasteiger partial charge in [0.2, 0.25) is 0 Å². The molecule has 1 aromatic carbocycles. The molecule has 4 heteroatoms. The highest BCUT2D eigenvalue weighted by atomic mass is 16.9. The van der Waals surface area contributed by atoms with Gasteiger partial charge in [0, 0.05) is 0 Å². The quantitative estimate of drug-likeness (QED) is 0.667. The van der Waals surface area contributed by atoms with Gasteiger partial charge in [-0.05, 0) is 5.56 Å². The predicted molar refractivity (Wildman–Crippen MR) is 36.6 cm³/mol. The summed E-state index contributed by atoms with van der Waals surface area (Å²) in [6.45, 7) is 0.0842. The number of benzene rings is 1. The third-order valence-electron chi connectivity index (χ3n) is 1.18. The van der Waals surface area contributed by atoms with E-state index in [4.69, 9.17) is 5.21 Å². The van der Waals surface area contributed by atoms with Crippen LogP contribution in [0.4, 0.5) is 0 Å². The Hall–Kier alpha value is -1.58. The minimum absolute atomic E-state index is 0.0842. The fourth-order valence-electron chi connectivity index (χ4n) is 0.704. The van der Waals surface area contributed by atoms with E-state index < -0.39 is 5.09 Å². The third kappa shape index (κ3) is 2.66. The molecule has 0 atom stereocenters. The van der Waals surface area contributed by atoms with Crippen LogP contribution in [0, 0.1) is 4.91 Å². The van der Waals surface area contributed by atoms with Crippen LogP contribution in [0.25, 0.3) is 0 Å². The second kappa shape index (κ2) is 3.55. The normalized spacial score (nSPS) is 9.09. The van der Waals surface area contributed by atoms with Crippen LogP contribution in [0.1, 0.15) is 5.56 Å². The van der Waals surface area contributed by atoms with Crippen LogP contribution in [-0.2, 0) is 11.4 Å². The standard InChI is InChI=1S/C7H8NO3/c9-8(10)11-6-7-4-2-1-3-5-7/h1-5H,6H2,(H,9,10)/q+1. The van der Waals surface area contributed by atoms with E-state index in [1.807, 2.05) is 18.2 Å². The summed E-state index contributed by atoms with van der Waals surface area (Å²) in [6, 6.07) is 9.10. The molecule has 0 spiro atoms. The van der Waals surface area contributed by atoms with Gasteiger partial charge in [-0.15, -0.1) is 0 Å². The van der Waals surface area contributed by atoms with Crippen molar-refractivity contribution in [3.05, 3.63) is 40.8 Å². The van der Waals surface area contributed by atoms with E-state index in [2.05, 4.69) is 4.84 Å². The Balaban J connectivity index is 2.45. The van der Waals surface area contributed by atoms with Crippen LogP contribution in [0.5, 0.6) is 0 Å². The second-order valence-electron chi connectivity index (χ2n) is 2.00. The molecule has 1 rings (SSSR count). The first-order valence-electron chi connectivity index (χ1n) is 3.12. The summed E-state index contributed by atoms with van der Waals surface area (Å²) < 4.78 is 0. The van der Waals surface area contributed by atoms with Crippen LogP contribution >= 0.6 is 0 Å². The molecule has 4 nitrogen and oxygen atoms in total. The Morgan fingerprint density at radius 1 is 1.36 bits per heavy atom. The first kappa shape index (κ1) is 7.53. The van der Waals surface area contributed by atoms with Gasteiger partial charge in [-0.1, -0.05) is 30.3 Å². The zero-order valence-electron chi connectivity index (χ0n) is 5.80. The van der Waals surface area contributed by atoms with Gasteiger partial charge in [-0.2, -0.15) is 4.84 Å². The van der Waals surface area contributed by atoms with Crippen molar-refractivity contribution >= 4 is 0 Å². The lowest BCUT2D eigenvalue weighted by atomic mass is 10.2. The molecule has 0 aliphatic heterocycles. The summed E-state index contributed by atoms with van der Waals surface area (Å²) in [4.78, 5) is 14.1. The van der Waals surface area contributed by atoms with Gasteiger partial charge in [-0.25, -0.2) is 5.21 Å². The fraction of sp³-hybridized carbons (Fsp3) is 0.143. The van der Waals surface area contributed by atoms with Gasteiger partial charge in [0.05, 0.1) is 0 Å². The Labute approximate surface area is 63.5 Å². The molecule has 0 amide bonds. The Bertz CT molecular complexity index is 235. The predicted octanol–water partition coefficient (Wildman–Crippen LogP) is 1.29. The maximum absolute atomic E-state index is 9.87. The van der Waals surface area contributed by atoms with Gasteiger partial charge >= 0.3 is 5.09 Å². The topological polar surface area (TPSA) is 49.5 Å². The fourth-order valence-corrected chi connectivity index (χ4v) is 0.704. The van der Waals surface area contributed by atoms with Crippen LogP contribution in [0.3, 0.4) is 0 Å². The molecule has 0 aliphatic carbocycles. The second-order valence-corrected chi connectivity index (χ2v) is 2.00. The van der Waals surface area contributed by atoms with Crippen molar-refractivity contribution in [1.29, 1.82) is 0 Å². The van der Waals surface area contributed by atoms with E-state index in [0.717, 1.165) is 5.56 Å². The van der Waals surface area contributed by atoms with Crippen molar-refractivity contribution < 1.29 is 15.1 Å². The molecule has 0 heterocycles. The molecule has 0 saturated heterocycles. The highest BCUT2D eigenvalue weighted by Gasteiger charge is 2.03. The summed E-state index contributed by atoms with van der Waals surface area (Å²) in [5.41, 5.74) is 0.836. The molecule has 1 N–H and O–H groups in total. The molecule has 0 radical (unpaired) electrons. The Kier molecular flexibility index (Phi) is 2.43. The molecule has 0 fully saturated rings. The van der Waals surface area contributed by atoms with E-state index in [1.54, 1.807) is 12.1 Å². The monoisotopic (exact) mass is 154 g/mol. The zero-order valence-corrected chi connectivity index (χ0v) is 5.80. The highest BCUT2D eigenvalue weighted by molar-refractivity contribution is 5.13. The van der Waals surface area contributed by atoms with Crippen molar-refractivity contribution in [1.82, 2.24) is 0 Å². The number of nitrogens with zero attached hydrogens (tertiary/aromatic N) is 1. The highest BCUT2D eigenvalue weighted by Crippen LogP contribution is 1.99. The van der Waals surface area contributed by atoms with Crippen LogP contribution in [-0.4, -0.2) is 10.3 Å². The lowest BCUT2D eigenvalue weighted by molar-refractivity contribution is -0.979. The molecule has 0 saturated carbocycles. The van der Waals surface area contributed by atoms with Crippen LogP contribution < -0.4 is 0 Å². The summed E-state index contributed by atoms with van der Waals surface area (Å²) in [5, 5.41) is 7.52. The maximum Gasteiger partial charge on any atom is 0.475 e. The number of hydrogen-bond donors (Lipinski definition) is 1. The van der Waals surface area contributed by atoms with E-state index in [0.29, 0.717) is 0 Å². The smallest absolute Gasteiger partial charge is 0.200 e. The number of hydrogen-bond acceptors (Lipinski definition) is 2. The van der Waals surface area contributed by atoms with E-state index in [1.165, 1.54) is 0 Å². The first-order valence-corrected chi connectivity index (χ1v) is 3.12. The van der Waals surface area contributed by atoms with Gasteiger partial charge < -0.3 is 0 Å². The van der Waals surface area contributed by atoms with Crippen molar-refractivity contribution in [3.8, 4) is 0 Å².